The summed E-state index contributed by atoms with van der Waals surface area (Å²) < 4.78 is 40.8. The molecule has 1 aromatic carbocycles. The summed E-state index contributed by atoms with van der Waals surface area (Å²) in [5.74, 6) is -0.896. The highest BCUT2D eigenvalue weighted by Crippen LogP contribution is 2.51. The monoisotopic (exact) mass is 299 g/mol. The number of anilines is 1. The maximum atomic E-state index is 13.2. The van der Waals surface area contributed by atoms with Gasteiger partial charge >= 0.3 is 6.18 Å². The first-order chi connectivity index (χ1) is 9.85. The largest absolute Gasteiger partial charge is 0.449 e. The lowest BCUT2D eigenvalue weighted by Crippen LogP contribution is -2.20. The lowest BCUT2D eigenvalue weighted by Gasteiger charge is -2.18. The van der Waals surface area contributed by atoms with Crippen molar-refractivity contribution in [1.29, 1.82) is 0 Å². The Bertz CT molecular complexity index is 674. The summed E-state index contributed by atoms with van der Waals surface area (Å²) in [4.78, 5) is 3.71. The van der Waals surface area contributed by atoms with E-state index in [0.717, 1.165) is 12.8 Å². The summed E-state index contributed by atoms with van der Waals surface area (Å²) >= 11 is 0. The number of aliphatic hydroxyl groups excluding tert-OH is 1. The van der Waals surface area contributed by atoms with E-state index < -0.39 is 12.0 Å². The van der Waals surface area contributed by atoms with Gasteiger partial charge in [0.25, 0.3) is 0 Å². The molecule has 0 unspecified atom stereocenters. The molecule has 21 heavy (non-hydrogen) atoms. The zero-order valence-electron chi connectivity index (χ0n) is 11.3. The fourth-order valence-electron chi connectivity index (χ4n) is 2.76. The van der Waals surface area contributed by atoms with Crippen LogP contribution in [0.3, 0.4) is 0 Å². The fourth-order valence-corrected chi connectivity index (χ4v) is 2.76. The van der Waals surface area contributed by atoms with Crippen LogP contribution in [0.5, 0.6) is 0 Å². The Hall–Kier alpha value is -1.76. The van der Waals surface area contributed by atoms with E-state index in [1.807, 2.05) is 0 Å². The number of hydrogen-bond acceptors (Lipinski definition) is 3. The molecule has 0 atom stereocenters. The molecule has 1 heterocycles. The van der Waals surface area contributed by atoms with Crippen LogP contribution in [0.15, 0.2) is 18.2 Å². The summed E-state index contributed by atoms with van der Waals surface area (Å²) in [6.07, 6.45) is -2.33. The Balaban J connectivity index is 2.10. The van der Waals surface area contributed by atoms with E-state index >= 15 is 0 Å². The van der Waals surface area contributed by atoms with Gasteiger partial charge in [-0.2, -0.15) is 13.2 Å². The molecule has 7 heteroatoms. The van der Waals surface area contributed by atoms with E-state index in [-0.39, 0.29) is 24.1 Å². The van der Waals surface area contributed by atoms with Crippen molar-refractivity contribution in [3.8, 4) is 0 Å². The van der Waals surface area contributed by atoms with Gasteiger partial charge in [0.05, 0.1) is 11.0 Å². The number of aliphatic hydroxyl groups is 1. The van der Waals surface area contributed by atoms with Crippen molar-refractivity contribution < 1.29 is 18.3 Å². The van der Waals surface area contributed by atoms with Gasteiger partial charge in [0, 0.05) is 18.8 Å². The van der Waals surface area contributed by atoms with E-state index in [9.17, 15) is 13.2 Å². The minimum atomic E-state index is -4.51. The second-order valence-electron chi connectivity index (χ2n) is 5.74. The number of nitrogen functional groups attached to an aromatic ring is 1. The number of imidazole rings is 1. The van der Waals surface area contributed by atoms with Crippen LogP contribution in [0.1, 0.15) is 25.1 Å². The summed E-state index contributed by atoms with van der Waals surface area (Å²) in [5.41, 5.74) is 6.45. The average Bonchev–Trinajstić information content (AvgIpc) is 3.03. The van der Waals surface area contributed by atoms with Crippen molar-refractivity contribution >= 4 is 16.7 Å². The molecule has 1 aliphatic carbocycles. The maximum Gasteiger partial charge on any atom is 0.449 e. The number of alkyl halides is 3. The van der Waals surface area contributed by atoms with Gasteiger partial charge in [0.2, 0.25) is 5.82 Å². The van der Waals surface area contributed by atoms with Crippen LogP contribution in [0.4, 0.5) is 18.9 Å². The Morgan fingerprint density at radius 1 is 1.33 bits per heavy atom. The quantitative estimate of drug-likeness (QED) is 0.853. The Morgan fingerprint density at radius 3 is 2.62 bits per heavy atom. The number of halogens is 3. The van der Waals surface area contributed by atoms with Crippen molar-refractivity contribution in [2.75, 3.05) is 12.3 Å². The minimum Gasteiger partial charge on any atom is -0.399 e. The molecule has 4 nitrogen and oxygen atoms in total. The summed E-state index contributed by atoms with van der Waals surface area (Å²) in [5, 5.41) is 9.09. The SMILES string of the molecule is Nc1ccc2c(c1)nc(C(F)(F)F)n2CC1(CCO)CC1. The lowest BCUT2D eigenvalue weighted by atomic mass is 10.0. The molecule has 3 N–H and O–H groups in total. The molecule has 1 fully saturated rings. The molecule has 114 valence electrons. The van der Waals surface area contributed by atoms with Gasteiger partial charge in [-0.15, -0.1) is 0 Å². The Morgan fingerprint density at radius 2 is 2.05 bits per heavy atom. The number of aromatic nitrogens is 2. The third-order valence-corrected chi connectivity index (χ3v) is 4.12. The van der Waals surface area contributed by atoms with Gasteiger partial charge in [0.15, 0.2) is 0 Å². The third kappa shape index (κ3) is 2.57. The third-order valence-electron chi connectivity index (χ3n) is 4.12. The van der Waals surface area contributed by atoms with Gasteiger partial charge in [0.1, 0.15) is 0 Å². The van der Waals surface area contributed by atoms with Crippen LogP contribution in [-0.4, -0.2) is 21.3 Å². The molecule has 0 aliphatic heterocycles. The molecule has 0 radical (unpaired) electrons. The first-order valence-corrected chi connectivity index (χ1v) is 6.78. The highest BCUT2D eigenvalue weighted by Gasteiger charge is 2.45. The first kappa shape index (κ1) is 14.2. The molecule has 0 amide bonds. The molecule has 0 bridgehead atoms. The second kappa shape index (κ2) is 4.62. The molecule has 1 aliphatic rings. The van der Waals surface area contributed by atoms with Crippen LogP contribution in [0, 0.1) is 5.41 Å². The van der Waals surface area contributed by atoms with Gasteiger partial charge < -0.3 is 15.4 Å². The van der Waals surface area contributed by atoms with E-state index in [4.69, 9.17) is 10.8 Å². The van der Waals surface area contributed by atoms with E-state index in [2.05, 4.69) is 4.98 Å². The van der Waals surface area contributed by atoms with Crippen LogP contribution < -0.4 is 5.73 Å². The van der Waals surface area contributed by atoms with Crippen molar-refractivity contribution in [1.82, 2.24) is 9.55 Å². The number of hydrogen-bond donors (Lipinski definition) is 2. The highest BCUT2D eigenvalue weighted by molar-refractivity contribution is 5.79. The van der Waals surface area contributed by atoms with Crippen molar-refractivity contribution in [2.24, 2.45) is 5.41 Å². The Labute approximate surface area is 119 Å². The predicted molar refractivity (Wildman–Crippen MR) is 72.5 cm³/mol. The maximum absolute atomic E-state index is 13.2. The molecule has 1 saturated carbocycles. The van der Waals surface area contributed by atoms with E-state index in [1.54, 1.807) is 12.1 Å². The summed E-state index contributed by atoms with van der Waals surface area (Å²) in [6, 6.07) is 4.60. The minimum absolute atomic E-state index is 0.0130. The smallest absolute Gasteiger partial charge is 0.399 e. The molecule has 0 spiro atoms. The molecule has 3 rings (SSSR count). The number of nitrogens with two attached hydrogens (primary N) is 1. The molecular weight excluding hydrogens is 283 g/mol. The van der Waals surface area contributed by atoms with Crippen LogP contribution >= 0.6 is 0 Å². The number of fused-ring (bicyclic) bond motifs is 1. The first-order valence-electron chi connectivity index (χ1n) is 6.78. The zero-order valence-corrected chi connectivity index (χ0v) is 11.3. The van der Waals surface area contributed by atoms with Crippen molar-refractivity contribution in [2.45, 2.75) is 32.0 Å². The second-order valence-corrected chi connectivity index (χ2v) is 5.74. The predicted octanol–water partition coefficient (Wildman–Crippen LogP) is 2.80. The van der Waals surface area contributed by atoms with Gasteiger partial charge in [-0.3, -0.25) is 0 Å². The van der Waals surface area contributed by atoms with Crippen LogP contribution in [-0.2, 0) is 12.7 Å². The molecular formula is C14H16F3N3O. The lowest BCUT2D eigenvalue weighted by molar-refractivity contribution is -0.147. The van der Waals surface area contributed by atoms with Crippen molar-refractivity contribution in [3.63, 3.8) is 0 Å². The Kier molecular flexibility index (Phi) is 3.12. The van der Waals surface area contributed by atoms with E-state index in [1.165, 1.54) is 10.6 Å². The summed E-state index contributed by atoms with van der Waals surface area (Å²) in [6.45, 7) is 0.212. The molecule has 1 aromatic heterocycles. The van der Waals surface area contributed by atoms with Crippen molar-refractivity contribution in [3.05, 3.63) is 24.0 Å². The molecule has 2 aromatic rings. The van der Waals surface area contributed by atoms with Gasteiger partial charge in [-0.25, -0.2) is 4.98 Å². The van der Waals surface area contributed by atoms with Gasteiger partial charge in [-0.05, 0) is 42.9 Å². The fraction of sp³-hybridized carbons (Fsp3) is 0.500. The summed E-state index contributed by atoms with van der Waals surface area (Å²) in [7, 11) is 0. The normalized spacial score (nSPS) is 17.3. The standard InChI is InChI=1S/C14H16F3N3O/c15-14(16,17)12-19-10-7-9(18)1-2-11(10)20(12)8-13(3-4-13)5-6-21/h1-2,7,21H,3-6,8,18H2. The topological polar surface area (TPSA) is 64.1 Å². The van der Waals surface area contributed by atoms with Crippen LogP contribution in [0.25, 0.3) is 11.0 Å². The van der Waals surface area contributed by atoms with Gasteiger partial charge in [-0.1, -0.05) is 0 Å². The number of benzene rings is 1. The number of rotatable bonds is 4. The average molecular weight is 299 g/mol. The van der Waals surface area contributed by atoms with Crippen LogP contribution in [0.2, 0.25) is 0 Å². The highest BCUT2D eigenvalue weighted by atomic mass is 19.4. The molecule has 0 saturated heterocycles. The van der Waals surface area contributed by atoms with E-state index in [0.29, 0.717) is 17.6 Å². The number of nitrogens with zero attached hydrogens (tertiary/aromatic N) is 2. The zero-order chi connectivity index (χ0) is 15.3.